The minimum absolute atomic E-state index is 0.211. The van der Waals surface area contributed by atoms with E-state index in [1.807, 2.05) is 20.8 Å². The predicted molar refractivity (Wildman–Crippen MR) is 147 cm³/mol. The van der Waals surface area contributed by atoms with Crippen molar-refractivity contribution in [3.63, 3.8) is 0 Å². The Hall–Kier alpha value is 0.884. The van der Waals surface area contributed by atoms with Crippen LogP contribution in [0.1, 0.15) is 34.1 Å². The molecule has 0 radical (unpaired) electrons. The Morgan fingerprint density at radius 3 is 1.61 bits per heavy atom. The van der Waals surface area contributed by atoms with Gasteiger partial charge in [0, 0.05) is 25.0 Å². The number of hydrogen-bond acceptors (Lipinski definition) is 5. The second kappa shape index (κ2) is 11.5. The molecule has 0 N–H and O–H groups in total. The third-order valence-corrected chi connectivity index (χ3v) is 31.8. The lowest BCUT2D eigenvalue weighted by Crippen LogP contribution is -2.60. The van der Waals surface area contributed by atoms with E-state index in [0.717, 1.165) is 0 Å². The normalized spacial score (nSPS) is 20.9. The zero-order chi connectivity index (χ0) is 24.1. The van der Waals surface area contributed by atoms with Crippen molar-refractivity contribution >= 4 is 41.9 Å². The van der Waals surface area contributed by atoms with Gasteiger partial charge in [-0.1, -0.05) is 33.1 Å². The Morgan fingerprint density at radius 2 is 1.23 bits per heavy atom. The Morgan fingerprint density at radius 1 is 0.806 bits per heavy atom. The molecule has 31 heavy (non-hydrogen) atoms. The second-order valence-electron chi connectivity index (χ2n) is 11.5. The van der Waals surface area contributed by atoms with E-state index in [-0.39, 0.29) is 5.16 Å². The van der Waals surface area contributed by atoms with Gasteiger partial charge in [-0.05, 0) is 78.1 Å². The number of hydrogen-bond donors (Lipinski definition) is 0. The van der Waals surface area contributed by atoms with Crippen molar-refractivity contribution in [1.29, 1.82) is 0 Å². The van der Waals surface area contributed by atoms with Crippen LogP contribution < -0.4 is 0 Å². The van der Waals surface area contributed by atoms with Gasteiger partial charge in [-0.2, -0.15) is 0 Å². The number of nitrogens with zero attached hydrogens (tertiary/aromatic N) is 1. The van der Waals surface area contributed by atoms with Crippen LogP contribution in [0.25, 0.3) is 0 Å². The lowest BCUT2D eigenvalue weighted by Gasteiger charge is -2.44. The van der Waals surface area contributed by atoms with Gasteiger partial charge in [-0.15, -0.1) is 0 Å². The molecule has 1 fully saturated rings. The molecule has 0 bridgehead atoms. The van der Waals surface area contributed by atoms with Crippen molar-refractivity contribution in [2.45, 2.75) is 110 Å². The summed E-state index contributed by atoms with van der Waals surface area (Å²) in [6.07, 6.45) is 1.27. The molecule has 0 saturated carbocycles. The van der Waals surface area contributed by atoms with Crippen LogP contribution in [0.15, 0.2) is 0 Å². The first-order valence-electron chi connectivity index (χ1n) is 12.5. The van der Waals surface area contributed by atoms with Crippen LogP contribution in [0.2, 0.25) is 75.7 Å². The summed E-state index contributed by atoms with van der Waals surface area (Å²) < 4.78 is 28.8. The van der Waals surface area contributed by atoms with Crippen LogP contribution in [0.5, 0.6) is 0 Å². The lowest BCUT2D eigenvalue weighted by atomic mass is 10.5. The molecule has 1 atom stereocenters. The molecule has 0 aliphatic carbocycles. The zero-order valence-electron chi connectivity index (χ0n) is 22.8. The first kappa shape index (κ1) is 29.9. The summed E-state index contributed by atoms with van der Waals surface area (Å²) in [5.74, 6) is 0. The van der Waals surface area contributed by atoms with Crippen LogP contribution in [-0.2, 0) is 17.4 Å². The highest BCUT2D eigenvalue weighted by atomic mass is 28.5. The van der Waals surface area contributed by atoms with E-state index >= 15 is 0 Å². The molecule has 0 amide bonds. The van der Waals surface area contributed by atoms with Gasteiger partial charge in [-0.3, -0.25) is 0 Å². The second-order valence-corrected chi connectivity index (χ2v) is 33.7. The molecule has 1 saturated heterocycles. The molecule has 1 aliphatic rings. The molecule has 1 heterocycles. The number of rotatable bonds is 14. The Balaban J connectivity index is 2.84. The zero-order valence-corrected chi connectivity index (χ0v) is 27.8. The minimum Gasteiger partial charge on any atom is -0.455 e. The monoisotopic (exact) mass is 523 g/mol. The molecule has 0 aromatic carbocycles. The van der Waals surface area contributed by atoms with Crippen molar-refractivity contribution in [2.24, 2.45) is 0 Å². The molecule has 0 aromatic rings. The maximum Gasteiger partial charge on any atom is 0.503 e. The third kappa shape index (κ3) is 7.96. The standard InChI is InChI=1S/C21H53NO4Si5/c1-13-23-31(24-14-2,25-15-3)21(4)30(11,12)26-29(9,10)18-16-17-22-27(5,6)19-20-28(22,7)8/h21H,13-20H2,1-12H3. The van der Waals surface area contributed by atoms with Crippen molar-refractivity contribution in [1.82, 2.24) is 4.23 Å². The molecular weight excluding hydrogens is 471 g/mol. The molecule has 1 aliphatic heterocycles. The van der Waals surface area contributed by atoms with Gasteiger partial charge in [0.05, 0.1) is 0 Å². The van der Waals surface area contributed by atoms with Gasteiger partial charge in [0.2, 0.25) is 0 Å². The smallest absolute Gasteiger partial charge is 0.455 e. The summed E-state index contributed by atoms with van der Waals surface area (Å²) in [6, 6.07) is 4.20. The fraction of sp³-hybridized carbons (Fsp3) is 1.00. The summed E-state index contributed by atoms with van der Waals surface area (Å²) in [6.45, 7) is 31.3. The Kier molecular flexibility index (Phi) is 11.1. The van der Waals surface area contributed by atoms with Crippen LogP contribution in [0.3, 0.4) is 0 Å². The molecular formula is C21H53NO4Si5. The van der Waals surface area contributed by atoms with Crippen LogP contribution in [0, 0.1) is 0 Å². The first-order chi connectivity index (χ1) is 14.1. The third-order valence-electron chi connectivity index (χ3n) is 7.12. The predicted octanol–water partition coefficient (Wildman–Crippen LogP) is 6.51. The highest BCUT2D eigenvalue weighted by molar-refractivity contribution is 6.95. The maximum atomic E-state index is 7.08. The fourth-order valence-corrected chi connectivity index (χ4v) is 34.3. The largest absolute Gasteiger partial charge is 0.503 e. The van der Waals surface area contributed by atoms with Crippen molar-refractivity contribution in [3.8, 4) is 0 Å². The van der Waals surface area contributed by atoms with E-state index in [0.29, 0.717) is 19.8 Å². The maximum absolute atomic E-state index is 7.08. The summed E-state index contributed by atoms with van der Waals surface area (Å²) >= 11 is 0. The van der Waals surface area contributed by atoms with Crippen LogP contribution >= 0.6 is 0 Å². The van der Waals surface area contributed by atoms with E-state index < -0.39 is 41.9 Å². The Labute approximate surface area is 199 Å². The van der Waals surface area contributed by atoms with E-state index in [9.17, 15) is 0 Å². The molecule has 5 nitrogen and oxygen atoms in total. The average Bonchev–Trinajstić information content (AvgIpc) is 2.83. The molecule has 186 valence electrons. The van der Waals surface area contributed by atoms with Crippen LogP contribution in [0.4, 0.5) is 0 Å². The Bertz CT molecular complexity index is 527. The van der Waals surface area contributed by atoms with Gasteiger partial charge in [0.25, 0.3) is 0 Å². The van der Waals surface area contributed by atoms with Crippen molar-refractivity contribution < 1.29 is 17.4 Å². The van der Waals surface area contributed by atoms with Gasteiger partial charge in [0.15, 0.2) is 16.6 Å². The van der Waals surface area contributed by atoms with Gasteiger partial charge < -0.3 is 21.6 Å². The van der Waals surface area contributed by atoms with E-state index in [4.69, 9.17) is 17.4 Å². The highest BCUT2D eigenvalue weighted by Crippen LogP contribution is 2.39. The van der Waals surface area contributed by atoms with E-state index in [1.54, 1.807) is 0 Å². The van der Waals surface area contributed by atoms with Gasteiger partial charge in [-0.25, -0.2) is 0 Å². The molecule has 1 unspecified atom stereocenters. The lowest BCUT2D eigenvalue weighted by molar-refractivity contribution is 0.0675. The minimum atomic E-state index is -2.76. The van der Waals surface area contributed by atoms with Crippen molar-refractivity contribution in [2.75, 3.05) is 26.4 Å². The highest BCUT2D eigenvalue weighted by Gasteiger charge is 2.56. The molecule has 10 heteroatoms. The molecule has 1 rings (SSSR count). The topological polar surface area (TPSA) is 40.2 Å². The SMILES string of the molecule is CCO[Si](OCC)(OCC)C(C)[Si](C)(C)O[Si](C)(C)CCCN1[Si](C)(C)CC[Si]1(C)C. The van der Waals surface area contributed by atoms with E-state index in [1.165, 1.54) is 31.1 Å². The summed E-state index contributed by atoms with van der Waals surface area (Å²) in [4.78, 5) is 0. The first-order valence-corrected chi connectivity index (χ1v) is 26.7. The quantitative estimate of drug-likeness (QED) is 0.243. The van der Waals surface area contributed by atoms with Crippen molar-refractivity contribution in [3.05, 3.63) is 0 Å². The average molecular weight is 524 g/mol. The summed E-state index contributed by atoms with van der Waals surface area (Å²) in [5, 5.41) is 0.211. The van der Waals surface area contributed by atoms with Gasteiger partial charge >= 0.3 is 8.80 Å². The molecule has 0 spiro atoms. The van der Waals surface area contributed by atoms with Crippen LogP contribution in [-0.4, -0.2) is 72.5 Å². The summed E-state index contributed by atoms with van der Waals surface area (Å²) in [5.41, 5.74) is 0. The summed E-state index contributed by atoms with van der Waals surface area (Å²) in [7, 11) is -9.00. The fourth-order valence-electron chi connectivity index (χ4n) is 5.35. The molecule has 0 aromatic heterocycles. The van der Waals surface area contributed by atoms with Gasteiger partial charge in [0.1, 0.15) is 16.5 Å². The van der Waals surface area contributed by atoms with E-state index in [2.05, 4.69) is 63.5 Å².